The molecule has 0 aliphatic carbocycles. The number of benzene rings is 1. The molecule has 104 valence electrons. The first-order chi connectivity index (χ1) is 9.31. The first kappa shape index (κ1) is 13.0. The summed E-state index contributed by atoms with van der Waals surface area (Å²) >= 11 is 6.44. The molecular weight excluding hydrogens is 266 g/mol. The first-order valence-electron chi connectivity index (χ1n) is 6.74. The van der Waals surface area contributed by atoms with Gasteiger partial charge in [-0.15, -0.1) is 0 Å². The Morgan fingerprint density at radius 3 is 2.89 bits per heavy atom. The lowest BCUT2D eigenvalue weighted by Crippen LogP contribution is -2.34. The summed E-state index contributed by atoms with van der Waals surface area (Å²) in [7, 11) is 0. The first-order valence-corrected chi connectivity index (χ1v) is 7.12. The molecule has 1 aromatic carbocycles. The van der Waals surface area contributed by atoms with E-state index in [1.165, 1.54) is 0 Å². The largest absolute Gasteiger partial charge is 0.486 e. The molecule has 1 atom stereocenters. The van der Waals surface area contributed by atoms with Gasteiger partial charge in [-0.25, -0.2) is 0 Å². The fraction of sp³-hybridized carbons (Fsp3) is 0.571. The maximum absolute atomic E-state index is 6.44. The van der Waals surface area contributed by atoms with Crippen LogP contribution in [0.3, 0.4) is 0 Å². The molecule has 2 aliphatic rings. The number of hydrogen-bond acceptors (Lipinski definition) is 4. The molecule has 0 radical (unpaired) electrons. The van der Waals surface area contributed by atoms with Gasteiger partial charge in [-0.3, -0.25) is 0 Å². The summed E-state index contributed by atoms with van der Waals surface area (Å²) in [5, 5.41) is 4.04. The van der Waals surface area contributed by atoms with E-state index in [1.54, 1.807) is 0 Å². The van der Waals surface area contributed by atoms with Gasteiger partial charge in [0.15, 0.2) is 11.5 Å². The molecule has 0 amide bonds. The van der Waals surface area contributed by atoms with Crippen LogP contribution in [0.15, 0.2) is 6.07 Å². The molecule has 0 spiro atoms. The van der Waals surface area contributed by atoms with E-state index in [0.29, 0.717) is 24.8 Å². The number of rotatable bonds is 2. The maximum atomic E-state index is 6.44. The third kappa shape index (κ3) is 2.40. The van der Waals surface area contributed by atoms with Gasteiger partial charge in [0, 0.05) is 30.3 Å². The minimum Gasteiger partial charge on any atom is -0.486 e. The van der Waals surface area contributed by atoms with Crippen LogP contribution < -0.4 is 14.8 Å². The zero-order valence-corrected chi connectivity index (χ0v) is 11.8. The van der Waals surface area contributed by atoms with Crippen LogP contribution in [0.2, 0.25) is 5.02 Å². The predicted molar refractivity (Wildman–Crippen MR) is 73.4 cm³/mol. The highest BCUT2D eigenvalue weighted by Gasteiger charge is 2.27. The SMILES string of the molecule is CCc1c2c(cc(Cl)c1C1CNCCO1)OCCO2. The second-order valence-electron chi connectivity index (χ2n) is 4.69. The van der Waals surface area contributed by atoms with Crippen LogP contribution in [0.25, 0.3) is 0 Å². The van der Waals surface area contributed by atoms with Crippen molar-refractivity contribution in [1.29, 1.82) is 0 Å². The molecule has 0 aromatic heterocycles. The van der Waals surface area contributed by atoms with Crippen LogP contribution in [0.4, 0.5) is 0 Å². The van der Waals surface area contributed by atoms with Gasteiger partial charge in [0.25, 0.3) is 0 Å². The van der Waals surface area contributed by atoms with E-state index in [1.807, 2.05) is 6.07 Å². The van der Waals surface area contributed by atoms with Gasteiger partial charge < -0.3 is 19.5 Å². The Kier molecular flexibility index (Phi) is 3.82. The van der Waals surface area contributed by atoms with Crippen molar-refractivity contribution < 1.29 is 14.2 Å². The van der Waals surface area contributed by atoms with Crippen molar-refractivity contribution in [3.8, 4) is 11.5 Å². The number of fused-ring (bicyclic) bond motifs is 1. The highest BCUT2D eigenvalue weighted by Crippen LogP contribution is 2.43. The molecule has 1 saturated heterocycles. The quantitative estimate of drug-likeness (QED) is 0.904. The van der Waals surface area contributed by atoms with E-state index in [2.05, 4.69) is 12.2 Å². The van der Waals surface area contributed by atoms with Crippen LogP contribution in [0, 0.1) is 0 Å². The van der Waals surface area contributed by atoms with Crippen molar-refractivity contribution in [2.75, 3.05) is 32.9 Å². The molecule has 1 aromatic rings. The van der Waals surface area contributed by atoms with Crippen LogP contribution in [-0.2, 0) is 11.2 Å². The van der Waals surface area contributed by atoms with E-state index in [4.69, 9.17) is 25.8 Å². The van der Waals surface area contributed by atoms with E-state index >= 15 is 0 Å². The molecule has 2 heterocycles. The van der Waals surface area contributed by atoms with Gasteiger partial charge in [-0.2, -0.15) is 0 Å². The summed E-state index contributed by atoms with van der Waals surface area (Å²) in [6.07, 6.45) is 0.841. The monoisotopic (exact) mass is 283 g/mol. The molecule has 19 heavy (non-hydrogen) atoms. The lowest BCUT2D eigenvalue weighted by molar-refractivity contribution is 0.0268. The molecule has 1 N–H and O–H groups in total. The fourth-order valence-corrected chi connectivity index (χ4v) is 3.02. The summed E-state index contributed by atoms with van der Waals surface area (Å²) in [6.45, 7) is 5.65. The van der Waals surface area contributed by atoms with Crippen LogP contribution >= 0.6 is 11.6 Å². The van der Waals surface area contributed by atoms with Crippen molar-refractivity contribution in [2.45, 2.75) is 19.4 Å². The summed E-state index contributed by atoms with van der Waals surface area (Å²) < 4.78 is 17.2. The predicted octanol–water partition coefficient (Wildman–Crippen LogP) is 2.33. The van der Waals surface area contributed by atoms with E-state index in [0.717, 1.165) is 42.1 Å². The lowest BCUT2D eigenvalue weighted by atomic mass is 9.97. The average Bonchev–Trinajstić information content (AvgIpc) is 2.46. The topological polar surface area (TPSA) is 39.7 Å². The molecule has 3 rings (SSSR count). The summed E-state index contributed by atoms with van der Waals surface area (Å²) in [4.78, 5) is 0. The third-order valence-electron chi connectivity index (χ3n) is 3.53. The Balaban J connectivity index is 2.06. The van der Waals surface area contributed by atoms with Crippen LogP contribution in [-0.4, -0.2) is 32.9 Å². The Morgan fingerprint density at radius 1 is 1.32 bits per heavy atom. The zero-order valence-electron chi connectivity index (χ0n) is 11.0. The second kappa shape index (κ2) is 5.57. The van der Waals surface area contributed by atoms with Gasteiger partial charge in [-0.05, 0) is 6.42 Å². The summed E-state index contributed by atoms with van der Waals surface area (Å²) in [5.74, 6) is 1.59. The second-order valence-corrected chi connectivity index (χ2v) is 5.10. The van der Waals surface area contributed by atoms with Crippen molar-refractivity contribution in [1.82, 2.24) is 5.32 Å². The van der Waals surface area contributed by atoms with Crippen LogP contribution in [0.5, 0.6) is 11.5 Å². The summed E-state index contributed by atoms with van der Waals surface area (Å²) in [5.41, 5.74) is 2.15. The number of ether oxygens (including phenoxy) is 3. The van der Waals surface area contributed by atoms with Crippen molar-refractivity contribution in [2.24, 2.45) is 0 Å². The molecule has 0 saturated carbocycles. The minimum atomic E-state index is -0.00738. The molecular formula is C14H18ClNO3. The zero-order chi connectivity index (χ0) is 13.2. The van der Waals surface area contributed by atoms with E-state index < -0.39 is 0 Å². The Labute approximate surface area is 118 Å². The molecule has 4 nitrogen and oxygen atoms in total. The Bertz CT molecular complexity index is 472. The van der Waals surface area contributed by atoms with Crippen molar-refractivity contribution in [3.63, 3.8) is 0 Å². The number of halogens is 1. The lowest BCUT2D eigenvalue weighted by Gasteiger charge is -2.29. The smallest absolute Gasteiger partial charge is 0.165 e. The van der Waals surface area contributed by atoms with Gasteiger partial charge in [0.2, 0.25) is 0 Å². The van der Waals surface area contributed by atoms with Gasteiger partial charge >= 0.3 is 0 Å². The molecule has 1 fully saturated rings. The normalized spacial score (nSPS) is 22.3. The molecule has 0 bridgehead atoms. The van der Waals surface area contributed by atoms with E-state index in [-0.39, 0.29) is 6.10 Å². The number of hydrogen-bond donors (Lipinski definition) is 1. The van der Waals surface area contributed by atoms with Crippen molar-refractivity contribution >= 4 is 11.6 Å². The number of morpholine rings is 1. The molecule has 5 heteroatoms. The highest BCUT2D eigenvalue weighted by atomic mass is 35.5. The van der Waals surface area contributed by atoms with Gasteiger partial charge in [0.1, 0.15) is 13.2 Å². The van der Waals surface area contributed by atoms with Gasteiger partial charge in [0.05, 0.1) is 17.7 Å². The molecule has 1 unspecified atom stereocenters. The van der Waals surface area contributed by atoms with Crippen LogP contribution in [0.1, 0.15) is 24.2 Å². The fourth-order valence-electron chi connectivity index (χ4n) is 2.68. The van der Waals surface area contributed by atoms with Gasteiger partial charge in [-0.1, -0.05) is 18.5 Å². The molecule has 2 aliphatic heterocycles. The third-order valence-corrected chi connectivity index (χ3v) is 3.84. The number of nitrogens with one attached hydrogen (secondary N) is 1. The average molecular weight is 284 g/mol. The Morgan fingerprint density at radius 2 is 2.16 bits per heavy atom. The standard InChI is InChI=1S/C14H18ClNO3/c1-2-9-13(12-8-16-3-4-17-12)10(15)7-11-14(9)19-6-5-18-11/h7,12,16H,2-6,8H2,1H3. The Hall–Kier alpha value is -0.970. The summed E-state index contributed by atoms with van der Waals surface area (Å²) in [6, 6.07) is 1.85. The van der Waals surface area contributed by atoms with E-state index in [9.17, 15) is 0 Å². The highest BCUT2D eigenvalue weighted by molar-refractivity contribution is 6.31. The maximum Gasteiger partial charge on any atom is 0.165 e. The van der Waals surface area contributed by atoms with Crippen molar-refractivity contribution in [3.05, 3.63) is 22.2 Å². The minimum absolute atomic E-state index is 0.00738.